The van der Waals surface area contributed by atoms with Gasteiger partial charge in [-0.1, -0.05) is 0 Å². The highest BCUT2D eigenvalue weighted by atomic mass is 16.2. The fourth-order valence-corrected chi connectivity index (χ4v) is 3.06. The van der Waals surface area contributed by atoms with Crippen LogP contribution in [0.1, 0.15) is 26.1 Å². The topological polar surface area (TPSA) is 70.5 Å². The average molecular weight is 321 g/mol. The largest absolute Gasteiger partial charge is 0.358 e. The van der Waals surface area contributed by atoms with E-state index in [1.54, 1.807) is 13.2 Å². The highest BCUT2D eigenvalue weighted by Crippen LogP contribution is 2.15. The predicted molar refractivity (Wildman–Crippen MR) is 87.9 cm³/mol. The third-order valence-electron chi connectivity index (χ3n) is 4.48. The Labute approximate surface area is 137 Å². The first-order chi connectivity index (χ1) is 10.9. The average Bonchev–Trinajstić information content (AvgIpc) is 2.96. The molecule has 23 heavy (non-hydrogen) atoms. The molecular weight excluding hydrogens is 294 g/mol. The van der Waals surface area contributed by atoms with Gasteiger partial charge in [-0.2, -0.15) is 0 Å². The zero-order chi connectivity index (χ0) is 17.0. The van der Waals surface area contributed by atoms with Crippen LogP contribution >= 0.6 is 0 Å². The third kappa shape index (κ3) is 4.10. The third-order valence-corrected chi connectivity index (χ3v) is 4.48. The highest BCUT2D eigenvalue weighted by molar-refractivity contribution is 5.83. The van der Waals surface area contributed by atoms with Crippen molar-refractivity contribution in [1.82, 2.24) is 24.7 Å². The number of carbonyl (C=O) groups excluding carboxylic acids is 2. The molecule has 1 atom stereocenters. The van der Waals surface area contributed by atoms with Gasteiger partial charge < -0.3 is 14.8 Å². The van der Waals surface area contributed by atoms with Crippen molar-refractivity contribution in [1.29, 1.82) is 0 Å². The number of hydrogen-bond acceptors (Lipinski definition) is 4. The number of carbonyl (C=O) groups is 2. The van der Waals surface area contributed by atoms with Crippen molar-refractivity contribution < 1.29 is 9.59 Å². The van der Waals surface area contributed by atoms with E-state index in [9.17, 15) is 9.59 Å². The number of rotatable bonds is 5. The van der Waals surface area contributed by atoms with Crippen molar-refractivity contribution in [2.75, 3.05) is 26.7 Å². The van der Waals surface area contributed by atoms with Crippen LogP contribution in [0.15, 0.2) is 12.4 Å². The molecule has 1 saturated heterocycles. The van der Waals surface area contributed by atoms with E-state index in [-0.39, 0.29) is 23.9 Å². The fourth-order valence-electron chi connectivity index (χ4n) is 3.06. The van der Waals surface area contributed by atoms with Crippen LogP contribution in [-0.2, 0) is 16.1 Å². The molecule has 1 N–H and O–H groups in total. The molecule has 1 aromatic heterocycles. The summed E-state index contributed by atoms with van der Waals surface area (Å²) in [5.41, 5.74) is 0. The fraction of sp³-hybridized carbons (Fsp3) is 0.688. The minimum Gasteiger partial charge on any atom is -0.358 e. The Hall–Kier alpha value is -1.89. The van der Waals surface area contributed by atoms with Crippen LogP contribution in [0.4, 0.5) is 0 Å². The van der Waals surface area contributed by atoms with E-state index in [1.807, 2.05) is 22.6 Å². The van der Waals surface area contributed by atoms with Crippen molar-refractivity contribution in [3.63, 3.8) is 0 Å². The van der Waals surface area contributed by atoms with Gasteiger partial charge in [-0.05, 0) is 20.8 Å². The number of aromatic nitrogens is 2. The second-order valence-corrected chi connectivity index (χ2v) is 6.22. The van der Waals surface area contributed by atoms with E-state index < -0.39 is 0 Å². The van der Waals surface area contributed by atoms with E-state index in [0.717, 1.165) is 12.4 Å². The lowest BCUT2D eigenvalue weighted by molar-refractivity contribution is -0.139. The molecule has 2 rings (SSSR count). The zero-order valence-electron chi connectivity index (χ0n) is 14.5. The number of nitrogens with one attached hydrogen (secondary N) is 1. The molecule has 0 aliphatic carbocycles. The molecule has 2 heterocycles. The van der Waals surface area contributed by atoms with Gasteiger partial charge in [0.2, 0.25) is 11.8 Å². The van der Waals surface area contributed by atoms with Gasteiger partial charge in [-0.25, -0.2) is 4.98 Å². The van der Waals surface area contributed by atoms with Crippen molar-refractivity contribution in [3.8, 4) is 0 Å². The van der Waals surface area contributed by atoms with Gasteiger partial charge in [-0.3, -0.25) is 14.5 Å². The van der Waals surface area contributed by atoms with Gasteiger partial charge in [0.1, 0.15) is 11.9 Å². The van der Waals surface area contributed by atoms with Gasteiger partial charge in [-0.15, -0.1) is 0 Å². The summed E-state index contributed by atoms with van der Waals surface area (Å²) in [7, 11) is 1.64. The molecular formula is C16H27N5O2. The maximum atomic E-state index is 12.5. The zero-order valence-corrected chi connectivity index (χ0v) is 14.5. The molecule has 0 bridgehead atoms. The summed E-state index contributed by atoms with van der Waals surface area (Å²) >= 11 is 0. The summed E-state index contributed by atoms with van der Waals surface area (Å²) in [6.07, 6.45) is 4.05. The number of hydrogen-bond donors (Lipinski definition) is 1. The van der Waals surface area contributed by atoms with Crippen LogP contribution in [0.3, 0.4) is 0 Å². The van der Waals surface area contributed by atoms with Gasteiger partial charge in [0, 0.05) is 58.1 Å². The number of imidazole rings is 1. The Kier molecular flexibility index (Phi) is 5.76. The predicted octanol–water partition coefficient (Wildman–Crippen LogP) is 0.249. The lowest BCUT2D eigenvalue weighted by Gasteiger charge is -2.42. The van der Waals surface area contributed by atoms with E-state index in [0.29, 0.717) is 26.1 Å². The smallest absolute Gasteiger partial charge is 0.238 e. The van der Waals surface area contributed by atoms with E-state index in [4.69, 9.17) is 0 Å². The van der Waals surface area contributed by atoms with E-state index in [2.05, 4.69) is 29.0 Å². The Morgan fingerprint density at radius 2 is 2.13 bits per heavy atom. The Bertz CT molecular complexity index is 554. The van der Waals surface area contributed by atoms with Gasteiger partial charge >= 0.3 is 0 Å². The number of nitrogens with zero attached hydrogens (tertiary/aromatic N) is 4. The van der Waals surface area contributed by atoms with Crippen molar-refractivity contribution in [2.45, 2.75) is 45.8 Å². The SMILES string of the molecule is CNC(=O)[C@@H]1CN(C(=O)CCn2ccnc2C)CCN1C(C)C. The van der Waals surface area contributed by atoms with Crippen LogP contribution in [-0.4, -0.2) is 69.9 Å². The number of amides is 2. The second kappa shape index (κ2) is 7.59. The molecule has 0 radical (unpaired) electrons. The molecule has 7 heteroatoms. The summed E-state index contributed by atoms with van der Waals surface area (Å²) in [6, 6.07) is 0.0100. The van der Waals surface area contributed by atoms with Gasteiger partial charge in [0.25, 0.3) is 0 Å². The van der Waals surface area contributed by atoms with Crippen LogP contribution < -0.4 is 5.32 Å². The highest BCUT2D eigenvalue weighted by Gasteiger charge is 2.34. The summed E-state index contributed by atoms with van der Waals surface area (Å²) in [5, 5.41) is 2.71. The van der Waals surface area contributed by atoms with Crippen molar-refractivity contribution in [2.24, 2.45) is 0 Å². The molecule has 1 fully saturated rings. The van der Waals surface area contributed by atoms with Crippen molar-refractivity contribution >= 4 is 11.8 Å². The molecule has 0 unspecified atom stereocenters. The monoisotopic (exact) mass is 321 g/mol. The quantitative estimate of drug-likeness (QED) is 0.844. The van der Waals surface area contributed by atoms with Crippen molar-refractivity contribution in [3.05, 3.63) is 18.2 Å². The van der Waals surface area contributed by atoms with E-state index in [1.165, 1.54) is 0 Å². The Balaban J connectivity index is 1.96. The van der Waals surface area contributed by atoms with Gasteiger partial charge in [0.05, 0.1) is 0 Å². The molecule has 7 nitrogen and oxygen atoms in total. The Morgan fingerprint density at radius 3 is 2.70 bits per heavy atom. The number of piperazine rings is 1. The summed E-state index contributed by atoms with van der Waals surface area (Å²) in [5.74, 6) is 0.975. The summed E-state index contributed by atoms with van der Waals surface area (Å²) in [4.78, 5) is 32.7. The first-order valence-electron chi connectivity index (χ1n) is 8.17. The first-order valence-corrected chi connectivity index (χ1v) is 8.17. The molecule has 1 aliphatic rings. The normalized spacial score (nSPS) is 19.2. The standard InChI is InChI=1S/C16H27N5O2/c1-12(2)21-10-9-20(11-14(21)16(23)17-4)15(22)5-7-19-8-6-18-13(19)3/h6,8,12,14H,5,7,9-11H2,1-4H3,(H,17,23)/t14-/m0/s1. The minimum atomic E-state index is -0.271. The molecule has 0 saturated carbocycles. The second-order valence-electron chi connectivity index (χ2n) is 6.22. The molecule has 1 aliphatic heterocycles. The van der Waals surface area contributed by atoms with Crippen LogP contribution in [0.5, 0.6) is 0 Å². The molecule has 1 aromatic rings. The van der Waals surface area contributed by atoms with Crippen LogP contribution in [0, 0.1) is 6.92 Å². The number of likely N-dealkylation sites (N-methyl/N-ethyl adjacent to an activating group) is 1. The Morgan fingerprint density at radius 1 is 1.39 bits per heavy atom. The first kappa shape index (κ1) is 17.5. The minimum absolute atomic E-state index is 0.0262. The van der Waals surface area contributed by atoms with Crippen LogP contribution in [0.25, 0.3) is 0 Å². The molecule has 0 spiro atoms. The maximum Gasteiger partial charge on any atom is 0.238 e. The van der Waals surface area contributed by atoms with Gasteiger partial charge in [0.15, 0.2) is 0 Å². The molecule has 128 valence electrons. The lowest BCUT2D eigenvalue weighted by atomic mass is 10.1. The maximum absolute atomic E-state index is 12.5. The molecule has 0 aromatic carbocycles. The number of aryl methyl sites for hydroxylation is 2. The van der Waals surface area contributed by atoms with Crippen LogP contribution in [0.2, 0.25) is 0 Å². The lowest BCUT2D eigenvalue weighted by Crippen LogP contribution is -2.61. The van der Waals surface area contributed by atoms with E-state index >= 15 is 0 Å². The summed E-state index contributed by atoms with van der Waals surface area (Å²) in [6.45, 7) is 8.57. The summed E-state index contributed by atoms with van der Waals surface area (Å²) < 4.78 is 1.97. The molecule has 2 amide bonds.